The summed E-state index contributed by atoms with van der Waals surface area (Å²) in [5.41, 5.74) is 0. The zero-order valence-corrected chi connectivity index (χ0v) is 46.7. The number of allylic oxidation sites excluding steroid dienone is 14. The van der Waals surface area contributed by atoms with Crippen LogP contribution in [0.25, 0.3) is 0 Å². The molecule has 6 heteroatoms. The van der Waals surface area contributed by atoms with E-state index in [2.05, 4.69) is 106 Å². The van der Waals surface area contributed by atoms with Gasteiger partial charge in [0.2, 0.25) is 0 Å². The molecule has 0 aromatic carbocycles. The molecule has 0 heterocycles. The van der Waals surface area contributed by atoms with Crippen molar-refractivity contribution in [2.24, 2.45) is 0 Å². The van der Waals surface area contributed by atoms with Crippen LogP contribution in [0.3, 0.4) is 0 Å². The van der Waals surface area contributed by atoms with Crippen LogP contribution in [0.4, 0.5) is 0 Å². The second kappa shape index (κ2) is 59.2. The summed E-state index contributed by atoms with van der Waals surface area (Å²) in [6, 6.07) is 0. The molecule has 1 atom stereocenters. The lowest BCUT2D eigenvalue weighted by Gasteiger charge is -2.18. The highest BCUT2D eigenvalue weighted by molar-refractivity contribution is 5.71. The summed E-state index contributed by atoms with van der Waals surface area (Å²) in [6.45, 7) is 6.50. The fourth-order valence-electron chi connectivity index (χ4n) is 8.38. The van der Waals surface area contributed by atoms with E-state index >= 15 is 0 Å². The number of hydrogen-bond donors (Lipinski definition) is 0. The van der Waals surface area contributed by atoms with E-state index in [1.807, 2.05) is 0 Å². The number of ether oxygens (including phenoxy) is 3. The fraction of sp³-hybridized carbons (Fsp3) is 0.738. The molecule has 0 rings (SSSR count). The lowest BCUT2D eigenvalue weighted by molar-refractivity contribution is -0.167. The van der Waals surface area contributed by atoms with E-state index in [0.717, 1.165) is 103 Å². The van der Waals surface area contributed by atoms with E-state index in [9.17, 15) is 14.4 Å². The zero-order valence-electron chi connectivity index (χ0n) is 46.7. The van der Waals surface area contributed by atoms with Gasteiger partial charge in [0.05, 0.1) is 0 Å². The third-order valence-corrected chi connectivity index (χ3v) is 12.9. The van der Waals surface area contributed by atoms with Crippen molar-refractivity contribution >= 4 is 17.9 Å². The van der Waals surface area contributed by atoms with Crippen LogP contribution in [-0.2, 0) is 28.6 Å². The molecule has 0 fully saturated rings. The molecular formula is C65H112O6. The second-order valence-corrected chi connectivity index (χ2v) is 19.9. The molecule has 0 N–H and O–H groups in total. The van der Waals surface area contributed by atoms with Crippen molar-refractivity contribution in [1.29, 1.82) is 0 Å². The molecule has 71 heavy (non-hydrogen) atoms. The van der Waals surface area contributed by atoms with E-state index in [4.69, 9.17) is 14.2 Å². The van der Waals surface area contributed by atoms with Crippen LogP contribution in [-0.4, -0.2) is 37.2 Å². The van der Waals surface area contributed by atoms with Gasteiger partial charge < -0.3 is 14.2 Å². The van der Waals surface area contributed by atoms with Gasteiger partial charge in [0.1, 0.15) is 13.2 Å². The van der Waals surface area contributed by atoms with E-state index in [1.54, 1.807) is 0 Å². The highest BCUT2D eigenvalue weighted by Gasteiger charge is 2.19. The topological polar surface area (TPSA) is 78.9 Å². The van der Waals surface area contributed by atoms with Gasteiger partial charge in [-0.05, 0) is 96.3 Å². The molecule has 1 unspecified atom stereocenters. The van der Waals surface area contributed by atoms with Crippen LogP contribution in [0.1, 0.15) is 290 Å². The number of esters is 3. The Hall–Kier alpha value is -3.41. The molecule has 0 aliphatic heterocycles. The van der Waals surface area contributed by atoms with E-state index in [0.29, 0.717) is 19.3 Å². The third kappa shape index (κ3) is 57.4. The predicted octanol–water partition coefficient (Wildman–Crippen LogP) is 20.3. The first-order valence-corrected chi connectivity index (χ1v) is 30.1. The van der Waals surface area contributed by atoms with Crippen LogP contribution < -0.4 is 0 Å². The molecule has 0 bridgehead atoms. The molecule has 0 amide bonds. The standard InChI is InChI=1S/C65H112O6/c1-4-7-10-13-16-19-21-23-25-27-29-31-32-34-35-37-39-41-43-46-49-52-55-58-64(67)70-61-62(60-69-63(66)57-54-51-48-45-18-15-12-9-6-3)71-65(68)59-56-53-50-47-44-42-40-38-36-33-30-28-26-24-22-20-17-14-11-8-5-2/h7,10,16,19,22-25,28-31,34-35,62H,4-6,8-9,11-15,17-18,20-21,26-27,32-33,36-61H2,1-3H3/b10-7-,19-16-,24-22-,25-23-,30-28-,31-29-,35-34-. The minimum Gasteiger partial charge on any atom is -0.462 e. The van der Waals surface area contributed by atoms with Gasteiger partial charge in [-0.15, -0.1) is 0 Å². The lowest BCUT2D eigenvalue weighted by Crippen LogP contribution is -2.30. The van der Waals surface area contributed by atoms with Crippen molar-refractivity contribution in [2.75, 3.05) is 13.2 Å². The molecule has 0 radical (unpaired) electrons. The van der Waals surface area contributed by atoms with Gasteiger partial charge in [-0.1, -0.05) is 260 Å². The number of carbonyl (C=O) groups excluding carboxylic acids is 3. The van der Waals surface area contributed by atoms with E-state index in [1.165, 1.54) is 148 Å². The summed E-state index contributed by atoms with van der Waals surface area (Å²) in [5.74, 6) is -0.891. The highest BCUT2D eigenvalue weighted by Crippen LogP contribution is 2.15. The summed E-state index contributed by atoms with van der Waals surface area (Å²) in [4.78, 5) is 38.1. The van der Waals surface area contributed by atoms with E-state index < -0.39 is 6.10 Å². The first kappa shape index (κ1) is 67.6. The molecule has 0 aliphatic rings. The van der Waals surface area contributed by atoms with Crippen LogP contribution in [0.5, 0.6) is 0 Å². The summed E-state index contributed by atoms with van der Waals surface area (Å²) >= 11 is 0. The third-order valence-electron chi connectivity index (χ3n) is 12.9. The van der Waals surface area contributed by atoms with Gasteiger partial charge in [-0.2, -0.15) is 0 Å². The largest absolute Gasteiger partial charge is 0.462 e. The van der Waals surface area contributed by atoms with Crippen molar-refractivity contribution < 1.29 is 28.6 Å². The van der Waals surface area contributed by atoms with Gasteiger partial charge >= 0.3 is 17.9 Å². The van der Waals surface area contributed by atoms with Gasteiger partial charge in [0.25, 0.3) is 0 Å². The van der Waals surface area contributed by atoms with Crippen molar-refractivity contribution in [1.82, 2.24) is 0 Å². The maximum atomic E-state index is 12.9. The average Bonchev–Trinajstić information content (AvgIpc) is 3.37. The maximum absolute atomic E-state index is 12.9. The monoisotopic (exact) mass is 989 g/mol. The second-order valence-electron chi connectivity index (χ2n) is 19.9. The number of hydrogen-bond acceptors (Lipinski definition) is 6. The molecular weight excluding hydrogens is 877 g/mol. The Morgan fingerprint density at radius 1 is 0.296 bits per heavy atom. The molecule has 0 aliphatic carbocycles. The zero-order chi connectivity index (χ0) is 51.4. The summed E-state index contributed by atoms with van der Waals surface area (Å²) in [5, 5.41) is 0. The van der Waals surface area contributed by atoms with Gasteiger partial charge in [0.15, 0.2) is 6.10 Å². The SMILES string of the molecule is CC/C=C\C/C=C\C/C=C\C/C=C\C/C=C\CCCCCCCCCC(=O)OCC(COC(=O)CCCCCCCCCCC)OC(=O)CCCCCCCCCCC/C=C\C/C=C\CCCCCCC. The average molecular weight is 990 g/mol. The Morgan fingerprint density at radius 2 is 0.549 bits per heavy atom. The summed E-state index contributed by atoms with van der Waals surface area (Å²) < 4.78 is 16.8. The smallest absolute Gasteiger partial charge is 0.306 e. The molecule has 0 saturated carbocycles. The number of carbonyl (C=O) groups is 3. The molecule has 0 aromatic heterocycles. The Kier molecular flexibility index (Phi) is 56.3. The highest BCUT2D eigenvalue weighted by atomic mass is 16.6. The Balaban J connectivity index is 4.29. The van der Waals surface area contributed by atoms with E-state index in [-0.39, 0.29) is 31.1 Å². The van der Waals surface area contributed by atoms with Crippen LogP contribution in [0, 0.1) is 0 Å². The molecule has 0 spiro atoms. The molecule has 6 nitrogen and oxygen atoms in total. The van der Waals surface area contributed by atoms with Crippen molar-refractivity contribution in [3.05, 3.63) is 85.1 Å². The minimum absolute atomic E-state index is 0.0801. The van der Waals surface area contributed by atoms with Crippen LogP contribution in [0.2, 0.25) is 0 Å². The van der Waals surface area contributed by atoms with Crippen molar-refractivity contribution in [3.8, 4) is 0 Å². The Bertz CT molecular complexity index is 1370. The predicted molar refractivity (Wildman–Crippen MR) is 307 cm³/mol. The number of rotatable bonds is 54. The lowest BCUT2D eigenvalue weighted by atomic mass is 10.1. The van der Waals surface area contributed by atoms with Crippen molar-refractivity contribution in [3.63, 3.8) is 0 Å². The molecule has 0 aromatic rings. The maximum Gasteiger partial charge on any atom is 0.306 e. The van der Waals surface area contributed by atoms with Gasteiger partial charge in [0, 0.05) is 19.3 Å². The van der Waals surface area contributed by atoms with Gasteiger partial charge in [-0.3, -0.25) is 14.4 Å². The van der Waals surface area contributed by atoms with Crippen LogP contribution >= 0.6 is 0 Å². The first-order valence-electron chi connectivity index (χ1n) is 30.1. The molecule has 408 valence electrons. The molecule has 0 saturated heterocycles. The fourth-order valence-corrected chi connectivity index (χ4v) is 8.38. The van der Waals surface area contributed by atoms with Gasteiger partial charge in [-0.25, -0.2) is 0 Å². The Morgan fingerprint density at radius 3 is 0.859 bits per heavy atom. The number of unbranched alkanes of at least 4 members (excludes halogenated alkanes) is 29. The first-order chi connectivity index (χ1) is 35.0. The quantitative estimate of drug-likeness (QED) is 0.0261. The summed E-state index contributed by atoms with van der Waals surface area (Å²) in [6.07, 6.45) is 77.3. The van der Waals surface area contributed by atoms with Crippen molar-refractivity contribution in [2.45, 2.75) is 297 Å². The summed E-state index contributed by atoms with van der Waals surface area (Å²) in [7, 11) is 0. The van der Waals surface area contributed by atoms with Crippen LogP contribution in [0.15, 0.2) is 85.1 Å². The minimum atomic E-state index is -0.782. The normalized spacial score (nSPS) is 12.7. The Labute approximate surface area is 439 Å².